The fourth-order valence-corrected chi connectivity index (χ4v) is 1.77. The average Bonchev–Trinajstić information content (AvgIpc) is 2.18. The Kier molecular flexibility index (Phi) is 8.20. The molecule has 1 unspecified atom stereocenters. The number of nitrogens with one attached hydrogen (secondary N) is 1. The van der Waals surface area contributed by atoms with E-state index in [1.165, 1.54) is 32.1 Å². The Morgan fingerprint density at radius 1 is 1.07 bits per heavy atom. The van der Waals surface area contributed by atoms with E-state index in [4.69, 9.17) is 0 Å². The second-order valence-electron chi connectivity index (χ2n) is 4.41. The van der Waals surface area contributed by atoms with Crippen molar-refractivity contribution in [2.24, 2.45) is 0 Å². The fourth-order valence-electron chi connectivity index (χ4n) is 1.77. The molecule has 2 N–H and O–H groups in total. The van der Waals surface area contributed by atoms with E-state index in [2.05, 4.69) is 26.1 Å². The minimum Gasteiger partial charge on any atom is -0.394 e. The van der Waals surface area contributed by atoms with Gasteiger partial charge in [-0.05, 0) is 19.9 Å². The summed E-state index contributed by atoms with van der Waals surface area (Å²) in [5.41, 5.74) is -0.0546. The first kappa shape index (κ1) is 13.9. The maximum absolute atomic E-state index is 9.26. The summed E-state index contributed by atoms with van der Waals surface area (Å²) in [5, 5.41) is 12.6. The molecule has 0 aliphatic carbocycles. The SMILES string of the molecule is CCCCCCCC(C)(CO)NCC. The van der Waals surface area contributed by atoms with Crippen LogP contribution in [0.1, 0.15) is 59.3 Å². The zero-order chi connectivity index (χ0) is 10.9. The number of unbranched alkanes of at least 4 members (excludes halogenated alkanes) is 4. The van der Waals surface area contributed by atoms with Gasteiger partial charge in [-0.25, -0.2) is 0 Å². The maximum atomic E-state index is 9.26. The van der Waals surface area contributed by atoms with Gasteiger partial charge in [0.1, 0.15) is 0 Å². The molecule has 0 heterocycles. The van der Waals surface area contributed by atoms with E-state index in [1.807, 2.05) is 0 Å². The Labute approximate surface area is 89.1 Å². The number of hydrogen-bond acceptors (Lipinski definition) is 2. The van der Waals surface area contributed by atoms with Crippen LogP contribution in [-0.2, 0) is 0 Å². The normalized spacial score (nSPS) is 15.4. The highest BCUT2D eigenvalue weighted by atomic mass is 16.3. The summed E-state index contributed by atoms with van der Waals surface area (Å²) in [5.74, 6) is 0. The lowest BCUT2D eigenvalue weighted by Gasteiger charge is -2.28. The minimum atomic E-state index is -0.0546. The maximum Gasteiger partial charge on any atom is 0.0610 e. The van der Waals surface area contributed by atoms with Crippen LogP contribution in [0.3, 0.4) is 0 Å². The molecule has 14 heavy (non-hydrogen) atoms. The lowest BCUT2D eigenvalue weighted by molar-refractivity contribution is 0.164. The van der Waals surface area contributed by atoms with E-state index in [-0.39, 0.29) is 12.1 Å². The third-order valence-corrected chi connectivity index (χ3v) is 2.78. The number of aliphatic hydroxyl groups is 1. The molecule has 0 amide bonds. The first-order chi connectivity index (χ1) is 6.68. The van der Waals surface area contributed by atoms with Gasteiger partial charge in [0.25, 0.3) is 0 Å². The van der Waals surface area contributed by atoms with Crippen LogP contribution in [0.2, 0.25) is 0 Å². The molecule has 0 fully saturated rings. The van der Waals surface area contributed by atoms with Crippen LogP contribution in [0.25, 0.3) is 0 Å². The van der Waals surface area contributed by atoms with Crippen molar-refractivity contribution in [1.82, 2.24) is 5.32 Å². The monoisotopic (exact) mass is 201 g/mol. The van der Waals surface area contributed by atoms with Crippen LogP contribution >= 0.6 is 0 Å². The van der Waals surface area contributed by atoms with Gasteiger partial charge in [0, 0.05) is 5.54 Å². The van der Waals surface area contributed by atoms with Crippen LogP contribution in [0.5, 0.6) is 0 Å². The molecular weight excluding hydrogens is 174 g/mol. The van der Waals surface area contributed by atoms with Crippen molar-refractivity contribution < 1.29 is 5.11 Å². The van der Waals surface area contributed by atoms with Crippen molar-refractivity contribution >= 4 is 0 Å². The molecule has 0 aromatic heterocycles. The van der Waals surface area contributed by atoms with Gasteiger partial charge in [0.2, 0.25) is 0 Å². The van der Waals surface area contributed by atoms with Gasteiger partial charge in [0.15, 0.2) is 0 Å². The Balaban J connectivity index is 3.51. The quantitative estimate of drug-likeness (QED) is 0.562. The van der Waals surface area contributed by atoms with E-state index in [0.29, 0.717) is 0 Å². The van der Waals surface area contributed by atoms with Gasteiger partial charge in [-0.1, -0.05) is 46.0 Å². The van der Waals surface area contributed by atoms with Gasteiger partial charge in [-0.2, -0.15) is 0 Å². The van der Waals surface area contributed by atoms with E-state index < -0.39 is 0 Å². The van der Waals surface area contributed by atoms with E-state index >= 15 is 0 Å². The van der Waals surface area contributed by atoms with Crippen molar-refractivity contribution in [1.29, 1.82) is 0 Å². The largest absolute Gasteiger partial charge is 0.394 e. The summed E-state index contributed by atoms with van der Waals surface area (Å²) in [6, 6.07) is 0. The molecule has 0 rings (SSSR count). The third kappa shape index (κ3) is 6.39. The molecule has 1 atom stereocenters. The van der Waals surface area contributed by atoms with Gasteiger partial charge in [-0.15, -0.1) is 0 Å². The molecule has 0 aliphatic rings. The summed E-state index contributed by atoms with van der Waals surface area (Å²) >= 11 is 0. The summed E-state index contributed by atoms with van der Waals surface area (Å²) in [6.07, 6.45) is 7.59. The lowest BCUT2D eigenvalue weighted by atomic mass is 9.95. The molecule has 0 saturated carbocycles. The van der Waals surface area contributed by atoms with E-state index in [9.17, 15) is 5.11 Å². The predicted octanol–water partition coefficient (Wildman–Crippen LogP) is 2.71. The van der Waals surface area contributed by atoms with Gasteiger partial charge >= 0.3 is 0 Å². The highest BCUT2D eigenvalue weighted by Crippen LogP contribution is 2.15. The zero-order valence-electron chi connectivity index (χ0n) is 10.1. The van der Waals surface area contributed by atoms with Gasteiger partial charge in [-0.3, -0.25) is 0 Å². The van der Waals surface area contributed by atoms with E-state index in [1.54, 1.807) is 0 Å². The molecule has 86 valence electrons. The minimum absolute atomic E-state index is 0.0546. The molecule has 0 aliphatic heterocycles. The van der Waals surface area contributed by atoms with Crippen LogP contribution in [0, 0.1) is 0 Å². The Morgan fingerprint density at radius 3 is 2.21 bits per heavy atom. The third-order valence-electron chi connectivity index (χ3n) is 2.78. The number of likely N-dealkylation sites (N-methyl/N-ethyl adjacent to an activating group) is 1. The average molecular weight is 201 g/mol. The predicted molar refractivity (Wildman–Crippen MR) is 62.5 cm³/mol. The molecule has 0 aromatic carbocycles. The first-order valence-corrected chi connectivity index (χ1v) is 6.04. The summed E-state index contributed by atoms with van der Waals surface area (Å²) < 4.78 is 0. The smallest absolute Gasteiger partial charge is 0.0610 e. The molecule has 2 nitrogen and oxygen atoms in total. The second kappa shape index (κ2) is 8.25. The van der Waals surface area contributed by atoms with Crippen molar-refractivity contribution in [3.63, 3.8) is 0 Å². The zero-order valence-corrected chi connectivity index (χ0v) is 10.1. The van der Waals surface area contributed by atoms with Gasteiger partial charge in [0.05, 0.1) is 6.61 Å². The number of hydrogen-bond donors (Lipinski definition) is 2. The fraction of sp³-hybridized carbons (Fsp3) is 1.00. The highest BCUT2D eigenvalue weighted by molar-refractivity contribution is 4.81. The molecular formula is C12H27NO. The van der Waals surface area contributed by atoms with Crippen LogP contribution in [0.4, 0.5) is 0 Å². The Hall–Kier alpha value is -0.0800. The molecule has 0 saturated heterocycles. The van der Waals surface area contributed by atoms with Crippen molar-refractivity contribution in [2.45, 2.75) is 64.8 Å². The van der Waals surface area contributed by atoms with Crippen molar-refractivity contribution in [3.8, 4) is 0 Å². The topological polar surface area (TPSA) is 32.3 Å². The number of rotatable bonds is 9. The highest BCUT2D eigenvalue weighted by Gasteiger charge is 2.20. The molecule has 2 heteroatoms. The standard InChI is InChI=1S/C12H27NO/c1-4-6-7-8-9-10-12(3,11-14)13-5-2/h13-14H,4-11H2,1-3H3. The second-order valence-corrected chi connectivity index (χ2v) is 4.41. The summed E-state index contributed by atoms with van der Waals surface area (Å²) in [4.78, 5) is 0. The van der Waals surface area contributed by atoms with Gasteiger partial charge < -0.3 is 10.4 Å². The van der Waals surface area contributed by atoms with Crippen LogP contribution < -0.4 is 5.32 Å². The van der Waals surface area contributed by atoms with Crippen LogP contribution in [0.15, 0.2) is 0 Å². The molecule has 0 bridgehead atoms. The number of aliphatic hydroxyl groups excluding tert-OH is 1. The molecule has 0 radical (unpaired) electrons. The van der Waals surface area contributed by atoms with Crippen LogP contribution in [-0.4, -0.2) is 23.8 Å². The van der Waals surface area contributed by atoms with E-state index in [0.717, 1.165) is 13.0 Å². The molecule has 0 aromatic rings. The Morgan fingerprint density at radius 2 is 1.71 bits per heavy atom. The van der Waals surface area contributed by atoms with Crippen molar-refractivity contribution in [2.75, 3.05) is 13.2 Å². The van der Waals surface area contributed by atoms with Crippen molar-refractivity contribution in [3.05, 3.63) is 0 Å². The summed E-state index contributed by atoms with van der Waals surface area (Å²) in [7, 11) is 0. The lowest BCUT2D eigenvalue weighted by Crippen LogP contribution is -2.45. The Bertz CT molecular complexity index is 127. The molecule has 0 spiro atoms. The first-order valence-electron chi connectivity index (χ1n) is 6.04. The summed E-state index contributed by atoms with van der Waals surface area (Å²) in [6.45, 7) is 7.61.